The molecule has 1 fully saturated rings. The summed E-state index contributed by atoms with van der Waals surface area (Å²) in [6.07, 6.45) is 1.68. The lowest BCUT2D eigenvalue weighted by Gasteiger charge is -2.09. The standard InChI is InChI=1S/C19H15N3O4S/c1-10-19(6-7-19)17(24)22(21-10)18-20-13(9-27-18)12-8-11-4-3-5-14(25-2)15(11)26-16(12)23/h3-5,8-9H,6-7H2,1-2H3. The monoisotopic (exact) mass is 381 g/mol. The van der Waals surface area contributed by atoms with Crippen molar-refractivity contribution in [3.05, 3.63) is 40.1 Å². The Morgan fingerprint density at radius 3 is 2.81 bits per heavy atom. The summed E-state index contributed by atoms with van der Waals surface area (Å²) in [4.78, 5) is 29.6. The van der Waals surface area contributed by atoms with Crippen LogP contribution in [0.2, 0.25) is 0 Å². The number of thiazole rings is 1. The lowest BCUT2D eigenvalue weighted by atomic mass is 10.0. The summed E-state index contributed by atoms with van der Waals surface area (Å²) in [5, 5.41) is 8.69. The fourth-order valence-corrected chi connectivity index (χ4v) is 4.19. The van der Waals surface area contributed by atoms with E-state index in [9.17, 15) is 9.59 Å². The van der Waals surface area contributed by atoms with Gasteiger partial charge >= 0.3 is 5.63 Å². The number of methoxy groups -OCH3 is 1. The van der Waals surface area contributed by atoms with Crippen LogP contribution in [0.5, 0.6) is 5.75 Å². The van der Waals surface area contributed by atoms with Crippen LogP contribution in [0.3, 0.4) is 0 Å². The molecule has 0 saturated heterocycles. The number of benzene rings is 1. The summed E-state index contributed by atoms with van der Waals surface area (Å²) >= 11 is 1.28. The molecule has 0 atom stereocenters. The highest BCUT2D eigenvalue weighted by Gasteiger charge is 2.59. The van der Waals surface area contributed by atoms with E-state index < -0.39 is 11.0 Å². The molecule has 1 aromatic carbocycles. The van der Waals surface area contributed by atoms with Crippen LogP contribution in [0.15, 0.2) is 44.0 Å². The number of carbonyl (C=O) groups excluding carboxylic acids is 1. The van der Waals surface area contributed by atoms with Crippen molar-refractivity contribution in [2.45, 2.75) is 19.8 Å². The van der Waals surface area contributed by atoms with E-state index in [4.69, 9.17) is 9.15 Å². The van der Waals surface area contributed by atoms with Crippen molar-refractivity contribution in [2.75, 3.05) is 12.1 Å². The number of anilines is 1. The van der Waals surface area contributed by atoms with Crippen LogP contribution in [0.25, 0.3) is 22.2 Å². The average molecular weight is 381 g/mol. The molecule has 3 heterocycles. The first kappa shape index (κ1) is 16.2. The molecule has 1 saturated carbocycles. The molecule has 3 aromatic rings. The van der Waals surface area contributed by atoms with Crippen molar-refractivity contribution in [3.8, 4) is 17.0 Å². The molecular formula is C19H15N3O4S. The third-order valence-corrected chi connectivity index (χ3v) is 6.00. The second kappa shape index (κ2) is 5.50. The van der Waals surface area contributed by atoms with Gasteiger partial charge in [0.25, 0.3) is 5.91 Å². The topological polar surface area (TPSA) is 85.0 Å². The summed E-state index contributed by atoms with van der Waals surface area (Å²) in [5.74, 6) is 0.466. The van der Waals surface area contributed by atoms with Gasteiger partial charge in [-0.1, -0.05) is 12.1 Å². The number of hydrazone groups is 1. The van der Waals surface area contributed by atoms with E-state index >= 15 is 0 Å². The highest BCUT2D eigenvalue weighted by Crippen LogP contribution is 2.52. The molecule has 1 aliphatic carbocycles. The van der Waals surface area contributed by atoms with E-state index in [-0.39, 0.29) is 5.91 Å². The van der Waals surface area contributed by atoms with Crippen LogP contribution in [-0.2, 0) is 4.79 Å². The normalized spacial score (nSPS) is 17.6. The molecule has 1 spiro atoms. The van der Waals surface area contributed by atoms with Crippen molar-refractivity contribution < 1.29 is 13.9 Å². The summed E-state index contributed by atoms with van der Waals surface area (Å²) in [6.45, 7) is 1.88. The lowest BCUT2D eigenvalue weighted by molar-refractivity contribution is -0.120. The number of amides is 1. The summed E-state index contributed by atoms with van der Waals surface area (Å²) < 4.78 is 10.7. The van der Waals surface area contributed by atoms with E-state index in [0.29, 0.717) is 27.7 Å². The van der Waals surface area contributed by atoms with Crippen LogP contribution < -0.4 is 15.4 Å². The van der Waals surface area contributed by atoms with Gasteiger partial charge in [0.2, 0.25) is 5.13 Å². The van der Waals surface area contributed by atoms with Crippen molar-refractivity contribution in [3.63, 3.8) is 0 Å². The zero-order chi connectivity index (χ0) is 18.8. The van der Waals surface area contributed by atoms with Gasteiger partial charge in [0.05, 0.1) is 29.5 Å². The Morgan fingerprint density at radius 2 is 2.11 bits per heavy atom. The SMILES string of the molecule is COc1cccc2cc(-c3csc(N4N=C(C)C5(CC5)C4=O)n3)c(=O)oc12. The molecule has 8 heteroatoms. The molecule has 0 unspecified atom stereocenters. The second-order valence-electron chi connectivity index (χ2n) is 6.73. The van der Waals surface area contributed by atoms with Crippen molar-refractivity contribution in [1.82, 2.24) is 4.98 Å². The minimum absolute atomic E-state index is 0.0313. The number of hydrogen-bond acceptors (Lipinski definition) is 7. The molecule has 2 aromatic heterocycles. The van der Waals surface area contributed by atoms with Crippen LogP contribution in [0, 0.1) is 5.41 Å². The van der Waals surface area contributed by atoms with Crippen LogP contribution >= 0.6 is 11.3 Å². The number of nitrogens with zero attached hydrogens (tertiary/aromatic N) is 3. The molecule has 0 bridgehead atoms. The number of rotatable bonds is 3. The van der Waals surface area contributed by atoms with Crippen molar-refractivity contribution >= 4 is 39.1 Å². The number of hydrogen-bond donors (Lipinski definition) is 0. The largest absolute Gasteiger partial charge is 0.493 e. The van der Waals surface area contributed by atoms with Gasteiger partial charge in [0.1, 0.15) is 0 Å². The van der Waals surface area contributed by atoms with Gasteiger partial charge in [-0.2, -0.15) is 10.1 Å². The highest BCUT2D eigenvalue weighted by molar-refractivity contribution is 7.14. The Balaban J connectivity index is 1.56. The zero-order valence-corrected chi connectivity index (χ0v) is 15.5. The van der Waals surface area contributed by atoms with E-state index in [0.717, 1.165) is 23.9 Å². The number of para-hydroxylation sites is 1. The van der Waals surface area contributed by atoms with Gasteiger partial charge in [0, 0.05) is 10.8 Å². The molecular weight excluding hydrogens is 366 g/mol. The molecule has 1 aliphatic heterocycles. The fourth-order valence-electron chi connectivity index (χ4n) is 3.42. The minimum Gasteiger partial charge on any atom is -0.493 e. The lowest BCUT2D eigenvalue weighted by Crippen LogP contribution is -2.28. The Labute approximate surface area is 157 Å². The molecule has 0 N–H and O–H groups in total. The van der Waals surface area contributed by atoms with Crippen molar-refractivity contribution in [1.29, 1.82) is 0 Å². The fraction of sp³-hybridized carbons (Fsp3) is 0.263. The molecule has 5 rings (SSSR count). The van der Waals surface area contributed by atoms with Crippen molar-refractivity contribution in [2.24, 2.45) is 10.5 Å². The third kappa shape index (κ3) is 2.26. The summed E-state index contributed by atoms with van der Waals surface area (Å²) in [5.41, 5.74) is 1.12. The smallest absolute Gasteiger partial charge is 0.345 e. The molecule has 2 aliphatic rings. The van der Waals surface area contributed by atoms with Crippen LogP contribution in [0.4, 0.5) is 5.13 Å². The predicted octanol–water partition coefficient (Wildman–Crippen LogP) is 3.43. The van der Waals surface area contributed by atoms with Gasteiger partial charge in [0.15, 0.2) is 11.3 Å². The Kier molecular flexibility index (Phi) is 3.30. The maximum Gasteiger partial charge on any atom is 0.345 e. The molecule has 0 radical (unpaired) electrons. The first-order chi connectivity index (χ1) is 13.0. The Hall–Kier alpha value is -3.00. The number of ether oxygens (including phenoxy) is 1. The maximum absolute atomic E-state index is 12.6. The van der Waals surface area contributed by atoms with Gasteiger partial charge in [-0.05, 0) is 31.9 Å². The second-order valence-corrected chi connectivity index (χ2v) is 7.56. The van der Waals surface area contributed by atoms with E-state index in [1.54, 1.807) is 17.5 Å². The third-order valence-electron chi connectivity index (χ3n) is 5.19. The van der Waals surface area contributed by atoms with E-state index in [1.165, 1.54) is 23.5 Å². The van der Waals surface area contributed by atoms with E-state index in [2.05, 4.69) is 10.1 Å². The van der Waals surface area contributed by atoms with Crippen LogP contribution in [0.1, 0.15) is 19.8 Å². The van der Waals surface area contributed by atoms with Gasteiger partial charge in [-0.3, -0.25) is 4.79 Å². The first-order valence-corrected chi connectivity index (χ1v) is 9.38. The summed E-state index contributed by atoms with van der Waals surface area (Å²) in [6, 6.07) is 7.13. The molecule has 1 amide bonds. The van der Waals surface area contributed by atoms with Crippen LogP contribution in [-0.4, -0.2) is 23.7 Å². The van der Waals surface area contributed by atoms with Gasteiger partial charge < -0.3 is 9.15 Å². The van der Waals surface area contributed by atoms with Gasteiger partial charge in [-0.15, -0.1) is 11.3 Å². The first-order valence-electron chi connectivity index (χ1n) is 8.50. The molecule has 7 nitrogen and oxygen atoms in total. The van der Waals surface area contributed by atoms with Gasteiger partial charge in [-0.25, -0.2) is 9.78 Å². The highest BCUT2D eigenvalue weighted by atomic mass is 32.1. The number of aromatic nitrogens is 1. The Morgan fingerprint density at radius 1 is 1.30 bits per heavy atom. The number of fused-ring (bicyclic) bond motifs is 1. The predicted molar refractivity (Wildman–Crippen MR) is 102 cm³/mol. The zero-order valence-electron chi connectivity index (χ0n) is 14.7. The number of carbonyl (C=O) groups is 1. The summed E-state index contributed by atoms with van der Waals surface area (Å²) in [7, 11) is 1.53. The van der Waals surface area contributed by atoms with E-state index in [1.807, 2.05) is 19.1 Å². The maximum atomic E-state index is 12.6. The quantitative estimate of drug-likeness (QED) is 0.649. The molecule has 27 heavy (non-hydrogen) atoms. The molecule has 136 valence electrons. The Bertz CT molecular complexity index is 1190. The minimum atomic E-state index is -0.505. The average Bonchev–Trinajstić information content (AvgIpc) is 3.28.